The lowest BCUT2D eigenvalue weighted by molar-refractivity contribution is 0.0791. The SMILES string of the molecule is CNc1nnc(CN2CCC(O)CC2)s1. The number of rotatable bonds is 3. The van der Waals surface area contributed by atoms with Gasteiger partial charge in [0.05, 0.1) is 12.6 Å². The molecule has 0 aliphatic carbocycles. The first-order chi connectivity index (χ1) is 7.28. The maximum Gasteiger partial charge on any atom is 0.205 e. The smallest absolute Gasteiger partial charge is 0.205 e. The molecule has 2 rings (SSSR count). The number of hydrogen-bond donors (Lipinski definition) is 2. The molecular weight excluding hydrogens is 212 g/mol. The zero-order chi connectivity index (χ0) is 10.7. The van der Waals surface area contributed by atoms with E-state index < -0.39 is 0 Å². The number of likely N-dealkylation sites (tertiary alicyclic amines) is 1. The van der Waals surface area contributed by atoms with Crippen LogP contribution in [0.4, 0.5) is 5.13 Å². The lowest BCUT2D eigenvalue weighted by Crippen LogP contribution is -2.35. The lowest BCUT2D eigenvalue weighted by atomic mass is 10.1. The van der Waals surface area contributed by atoms with Gasteiger partial charge in [0.2, 0.25) is 5.13 Å². The number of nitrogens with zero attached hydrogens (tertiary/aromatic N) is 3. The first-order valence-corrected chi connectivity index (χ1v) is 6.00. The van der Waals surface area contributed by atoms with Crippen LogP contribution in [0.25, 0.3) is 0 Å². The van der Waals surface area contributed by atoms with Crippen LogP contribution >= 0.6 is 11.3 Å². The van der Waals surface area contributed by atoms with Crippen LogP contribution in [0, 0.1) is 0 Å². The van der Waals surface area contributed by atoms with Crippen molar-refractivity contribution in [3.8, 4) is 0 Å². The topological polar surface area (TPSA) is 61.3 Å². The first kappa shape index (κ1) is 10.8. The third-order valence-corrected chi connectivity index (χ3v) is 3.52. The standard InChI is InChI=1S/C9H16N4OS/c1-10-9-12-11-8(15-9)6-13-4-2-7(14)3-5-13/h7,14H,2-6H2,1H3,(H,10,12). The van der Waals surface area contributed by atoms with Gasteiger partial charge in [-0.2, -0.15) is 0 Å². The Bertz CT molecular complexity index is 309. The molecule has 1 aliphatic heterocycles. The fraction of sp³-hybridized carbons (Fsp3) is 0.778. The Morgan fingerprint density at radius 2 is 2.20 bits per heavy atom. The minimum Gasteiger partial charge on any atom is -0.393 e. The molecule has 0 spiro atoms. The summed E-state index contributed by atoms with van der Waals surface area (Å²) in [7, 11) is 1.85. The number of piperidine rings is 1. The molecule has 0 bridgehead atoms. The average Bonchev–Trinajstić information content (AvgIpc) is 2.69. The van der Waals surface area contributed by atoms with E-state index >= 15 is 0 Å². The molecule has 1 saturated heterocycles. The minimum absolute atomic E-state index is 0.108. The second-order valence-electron chi connectivity index (χ2n) is 3.76. The summed E-state index contributed by atoms with van der Waals surface area (Å²) in [4.78, 5) is 2.31. The normalized spacial score (nSPS) is 19.3. The number of anilines is 1. The fourth-order valence-electron chi connectivity index (χ4n) is 1.69. The maximum atomic E-state index is 9.37. The van der Waals surface area contributed by atoms with Crippen LogP contribution in [0.1, 0.15) is 17.8 Å². The van der Waals surface area contributed by atoms with E-state index in [2.05, 4.69) is 20.4 Å². The van der Waals surface area contributed by atoms with Gasteiger partial charge in [-0.15, -0.1) is 10.2 Å². The largest absolute Gasteiger partial charge is 0.393 e. The van der Waals surface area contributed by atoms with Gasteiger partial charge in [-0.25, -0.2) is 0 Å². The van der Waals surface area contributed by atoms with Gasteiger partial charge >= 0.3 is 0 Å². The third-order valence-electron chi connectivity index (χ3n) is 2.60. The molecule has 0 amide bonds. The van der Waals surface area contributed by atoms with Crippen LogP contribution in [0.5, 0.6) is 0 Å². The number of aliphatic hydroxyl groups excluding tert-OH is 1. The summed E-state index contributed by atoms with van der Waals surface area (Å²) < 4.78 is 0. The van der Waals surface area contributed by atoms with E-state index in [1.807, 2.05) is 7.05 Å². The van der Waals surface area contributed by atoms with Crippen molar-refractivity contribution in [2.24, 2.45) is 0 Å². The monoisotopic (exact) mass is 228 g/mol. The van der Waals surface area contributed by atoms with E-state index in [4.69, 9.17) is 0 Å². The number of nitrogens with one attached hydrogen (secondary N) is 1. The fourth-order valence-corrected chi connectivity index (χ4v) is 2.42. The number of hydrogen-bond acceptors (Lipinski definition) is 6. The Kier molecular flexibility index (Phi) is 3.50. The minimum atomic E-state index is -0.108. The highest BCUT2D eigenvalue weighted by atomic mass is 32.1. The van der Waals surface area contributed by atoms with Crippen LogP contribution in [-0.4, -0.2) is 46.4 Å². The van der Waals surface area contributed by atoms with Gasteiger partial charge < -0.3 is 10.4 Å². The first-order valence-electron chi connectivity index (χ1n) is 5.18. The molecule has 0 atom stereocenters. The van der Waals surface area contributed by atoms with Gasteiger partial charge in [0.25, 0.3) is 0 Å². The average molecular weight is 228 g/mol. The van der Waals surface area contributed by atoms with Crippen LogP contribution in [0.15, 0.2) is 0 Å². The summed E-state index contributed by atoms with van der Waals surface area (Å²) in [5.74, 6) is 0. The molecule has 5 nitrogen and oxygen atoms in total. The second-order valence-corrected chi connectivity index (χ2v) is 4.82. The second kappa shape index (κ2) is 4.87. The maximum absolute atomic E-state index is 9.37. The van der Waals surface area contributed by atoms with E-state index in [1.165, 1.54) is 0 Å². The summed E-state index contributed by atoms with van der Waals surface area (Å²) in [5, 5.41) is 22.4. The summed E-state index contributed by atoms with van der Waals surface area (Å²) >= 11 is 1.59. The molecule has 2 heterocycles. The van der Waals surface area contributed by atoms with E-state index in [0.717, 1.165) is 42.6 Å². The van der Waals surface area contributed by atoms with Crippen molar-refractivity contribution in [2.75, 3.05) is 25.5 Å². The van der Waals surface area contributed by atoms with Crippen molar-refractivity contribution < 1.29 is 5.11 Å². The van der Waals surface area contributed by atoms with Crippen molar-refractivity contribution in [1.82, 2.24) is 15.1 Å². The van der Waals surface area contributed by atoms with Crippen molar-refractivity contribution in [2.45, 2.75) is 25.5 Å². The molecule has 15 heavy (non-hydrogen) atoms. The number of aromatic nitrogens is 2. The molecule has 0 unspecified atom stereocenters. The highest BCUT2D eigenvalue weighted by molar-refractivity contribution is 7.15. The van der Waals surface area contributed by atoms with Crippen molar-refractivity contribution in [1.29, 1.82) is 0 Å². The predicted octanol–water partition coefficient (Wildman–Crippen LogP) is 0.536. The molecule has 2 N–H and O–H groups in total. The zero-order valence-corrected chi connectivity index (χ0v) is 9.63. The molecule has 1 aromatic rings. The summed E-state index contributed by atoms with van der Waals surface area (Å²) in [6.45, 7) is 2.76. The molecule has 0 radical (unpaired) electrons. The Morgan fingerprint density at radius 3 is 2.80 bits per heavy atom. The van der Waals surface area contributed by atoms with Gasteiger partial charge in [0.15, 0.2) is 0 Å². The highest BCUT2D eigenvalue weighted by Gasteiger charge is 2.18. The van der Waals surface area contributed by atoms with Gasteiger partial charge in [0, 0.05) is 20.1 Å². The van der Waals surface area contributed by atoms with Crippen LogP contribution < -0.4 is 5.32 Å². The quantitative estimate of drug-likeness (QED) is 0.790. The summed E-state index contributed by atoms with van der Waals surface area (Å²) in [6, 6.07) is 0. The van der Waals surface area contributed by atoms with E-state index in [-0.39, 0.29) is 6.10 Å². The van der Waals surface area contributed by atoms with Gasteiger partial charge in [0.1, 0.15) is 5.01 Å². The molecule has 84 valence electrons. The van der Waals surface area contributed by atoms with E-state index in [9.17, 15) is 5.11 Å². The molecule has 0 aromatic carbocycles. The van der Waals surface area contributed by atoms with Crippen LogP contribution in [0.3, 0.4) is 0 Å². The lowest BCUT2D eigenvalue weighted by Gasteiger charge is -2.28. The Morgan fingerprint density at radius 1 is 1.47 bits per heavy atom. The molecular formula is C9H16N4OS. The van der Waals surface area contributed by atoms with Crippen molar-refractivity contribution in [3.05, 3.63) is 5.01 Å². The van der Waals surface area contributed by atoms with E-state index in [0.29, 0.717) is 0 Å². The Labute approximate surface area is 93.1 Å². The van der Waals surface area contributed by atoms with E-state index in [1.54, 1.807) is 11.3 Å². The third kappa shape index (κ3) is 2.87. The molecule has 6 heteroatoms. The Balaban J connectivity index is 1.86. The molecule has 0 saturated carbocycles. The molecule has 1 fully saturated rings. The summed E-state index contributed by atoms with van der Waals surface area (Å²) in [6.07, 6.45) is 1.64. The van der Waals surface area contributed by atoms with Crippen LogP contribution in [0.2, 0.25) is 0 Å². The van der Waals surface area contributed by atoms with Crippen LogP contribution in [-0.2, 0) is 6.54 Å². The van der Waals surface area contributed by atoms with Gasteiger partial charge in [-0.05, 0) is 12.8 Å². The van der Waals surface area contributed by atoms with Crippen molar-refractivity contribution in [3.63, 3.8) is 0 Å². The highest BCUT2D eigenvalue weighted by Crippen LogP contribution is 2.18. The summed E-state index contributed by atoms with van der Waals surface area (Å²) in [5.41, 5.74) is 0. The number of aliphatic hydroxyl groups is 1. The molecule has 1 aromatic heterocycles. The van der Waals surface area contributed by atoms with Crippen molar-refractivity contribution >= 4 is 16.5 Å². The Hall–Kier alpha value is -0.720. The van der Waals surface area contributed by atoms with Gasteiger partial charge in [-0.3, -0.25) is 4.90 Å². The predicted molar refractivity (Wildman–Crippen MR) is 60.0 cm³/mol. The molecule has 1 aliphatic rings. The van der Waals surface area contributed by atoms with Gasteiger partial charge in [-0.1, -0.05) is 11.3 Å². The zero-order valence-electron chi connectivity index (χ0n) is 8.81.